The quantitative estimate of drug-likeness (QED) is 0.345. The first-order valence-electron chi connectivity index (χ1n) is 4.97. The largest absolute Gasteiger partial charge is 0.618 e. The predicted molar refractivity (Wildman–Crippen MR) is 66.3 cm³/mol. The summed E-state index contributed by atoms with van der Waals surface area (Å²) < 4.78 is 13.5. The normalized spacial score (nSPS) is 11.5. The minimum atomic E-state index is -0.442. The lowest BCUT2D eigenvalue weighted by molar-refractivity contribution is -0.354. The summed E-state index contributed by atoms with van der Waals surface area (Å²) in [4.78, 5) is 0. The molecule has 0 aliphatic rings. The average Bonchev–Trinajstić information content (AvgIpc) is 2.29. The monoisotopic (exact) mass is 249 g/mol. The van der Waals surface area contributed by atoms with Crippen LogP contribution in [0.2, 0.25) is 5.02 Å². The number of rotatable bonds is 2. The van der Waals surface area contributed by atoms with Crippen LogP contribution in [0.3, 0.4) is 0 Å². The summed E-state index contributed by atoms with van der Waals surface area (Å²) in [7, 11) is 0. The van der Waals surface area contributed by atoms with Gasteiger partial charge < -0.3 is 5.21 Å². The molecule has 0 aliphatic heterocycles. The highest BCUT2D eigenvalue weighted by Crippen LogP contribution is 2.13. The summed E-state index contributed by atoms with van der Waals surface area (Å²) in [5.74, 6) is -0.442. The maximum Gasteiger partial charge on any atom is 0.219 e. The third kappa shape index (κ3) is 3.04. The molecule has 0 bridgehead atoms. The van der Waals surface area contributed by atoms with E-state index in [0.717, 1.165) is 0 Å². The van der Waals surface area contributed by atoms with E-state index in [0.29, 0.717) is 15.3 Å². The molecule has 0 unspecified atom stereocenters. The molecule has 2 nitrogen and oxygen atoms in total. The number of benzene rings is 2. The molecule has 0 heterocycles. The zero-order valence-corrected chi connectivity index (χ0v) is 9.56. The Labute approximate surface area is 103 Å². The summed E-state index contributed by atoms with van der Waals surface area (Å²) in [5, 5.41) is 12.3. The molecule has 2 aromatic rings. The minimum absolute atomic E-state index is 0.241. The van der Waals surface area contributed by atoms with Gasteiger partial charge in [-0.3, -0.25) is 0 Å². The fourth-order valence-corrected chi connectivity index (χ4v) is 1.61. The summed E-state index contributed by atoms with van der Waals surface area (Å²) in [6.07, 6.45) is 1.35. The smallest absolute Gasteiger partial charge is 0.219 e. The maximum atomic E-state index is 12.9. The van der Waals surface area contributed by atoms with Crippen molar-refractivity contribution in [1.82, 2.24) is 0 Å². The molecule has 0 N–H and O–H groups in total. The van der Waals surface area contributed by atoms with Crippen LogP contribution in [-0.4, -0.2) is 11.0 Å². The van der Waals surface area contributed by atoms with Crippen molar-refractivity contribution in [2.24, 2.45) is 0 Å². The Morgan fingerprint density at radius 3 is 2.59 bits per heavy atom. The summed E-state index contributed by atoms with van der Waals surface area (Å²) in [5.41, 5.74) is 0.904. The number of hydrogen-bond acceptors (Lipinski definition) is 1. The second-order valence-electron chi connectivity index (χ2n) is 3.49. The lowest BCUT2D eigenvalue weighted by atomic mass is 10.2. The zero-order chi connectivity index (χ0) is 12.3. The van der Waals surface area contributed by atoms with Crippen molar-refractivity contribution in [2.45, 2.75) is 0 Å². The number of halogens is 2. The van der Waals surface area contributed by atoms with Gasteiger partial charge in [-0.1, -0.05) is 23.7 Å². The molecule has 0 saturated carbocycles. The minimum Gasteiger partial charge on any atom is -0.618 e. The van der Waals surface area contributed by atoms with E-state index >= 15 is 0 Å². The van der Waals surface area contributed by atoms with Gasteiger partial charge in [0.25, 0.3) is 0 Å². The fraction of sp³-hybridized carbons (Fsp3) is 0. The molecule has 0 saturated heterocycles. The first kappa shape index (κ1) is 11.6. The molecule has 86 valence electrons. The van der Waals surface area contributed by atoms with E-state index in [1.807, 2.05) is 0 Å². The summed E-state index contributed by atoms with van der Waals surface area (Å²) >= 11 is 5.80. The van der Waals surface area contributed by atoms with Gasteiger partial charge in [-0.25, -0.2) is 4.39 Å². The second kappa shape index (κ2) is 4.97. The van der Waals surface area contributed by atoms with E-state index in [2.05, 4.69) is 0 Å². The van der Waals surface area contributed by atoms with E-state index in [1.165, 1.54) is 30.5 Å². The Balaban J connectivity index is 2.34. The molecule has 4 heteroatoms. The number of nitrogens with zero attached hydrogens (tertiary/aromatic N) is 1. The molecule has 0 aliphatic carbocycles. The van der Waals surface area contributed by atoms with Gasteiger partial charge >= 0.3 is 0 Å². The summed E-state index contributed by atoms with van der Waals surface area (Å²) in [6.45, 7) is 0. The lowest BCUT2D eigenvalue weighted by Crippen LogP contribution is -1.98. The van der Waals surface area contributed by atoms with Crippen LogP contribution < -0.4 is 0 Å². The highest BCUT2D eigenvalue weighted by Gasteiger charge is 2.03. The van der Waals surface area contributed by atoms with Crippen molar-refractivity contribution in [3.63, 3.8) is 0 Å². The van der Waals surface area contributed by atoms with Gasteiger partial charge in [0.2, 0.25) is 5.69 Å². The van der Waals surface area contributed by atoms with Gasteiger partial charge in [-0.05, 0) is 24.3 Å². The maximum absolute atomic E-state index is 12.9. The highest BCUT2D eigenvalue weighted by molar-refractivity contribution is 6.30. The Hall–Kier alpha value is -1.87. The third-order valence-corrected chi connectivity index (χ3v) is 2.41. The molecule has 0 atom stereocenters. The molecule has 0 spiro atoms. The predicted octanol–water partition coefficient (Wildman–Crippen LogP) is 3.74. The van der Waals surface area contributed by atoms with E-state index in [9.17, 15) is 9.60 Å². The Morgan fingerprint density at radius 2 is 1.88 bits per heavy atom. The molecule has 17 heavy (non-hydrogen) atoms. The first-order chi connectivity index (χ1) is 8.15. The van der Waals surface area contributed by atoms with Gasteiger partial charge in [0.15, 0.2) is 6.21 Å². The standard InChI is InChI=1S/C13H9ClFNO/c14-11-4-1-3-10(7-11)9-16(17)13-6-2-5-12(15)8-13/h1-9H. The Bertz CT molecular complexity index is 569. The van der Waals surface area contributed by atoms with Crippen LogP contribution in [-0.2, 0) is 0 Å². The topological polar surface area (TPSA) is 26.1 Å². The highest BCUT2D eigenvalue weighted by atomic mass is 35.5. The first-order valence-corrected chi connectivity index (χ1v) is 5.35. The Morgan fingerprint density at radius 1 is 1.12 bits per heavy atom. The average molecular weight is 250 g/mol. The second-order valence-corrected chi connectivity index (χ2v) is 3.93. The molecule has 0 amide bonds. The van der Waals surface area contributed by atoms with Crippen LogP contribution in [0.1, 0.15) is 5.56 Å². The van der Waals surface area contributed by atoms with Crippen LogP contribution >= 0.6 is 11.6 Å². The van der Waals surface area contributed by atoms with Crippen molar-refractivity contribution < 1.29 is 9.13 Å². The van der Waals surface area contributed by atoms with Gasteiger partial charge in [0.05, 0.1) is 0 Å². The van der Waals surface area contributed by atoms with Crippen molar-refractivity contribution in [3.05, 3.63) is 70.1 Å². The molecular weight excluding hydrogens is 241 g/mol. The number of hydrogen-bond donors (Lipinski definition) is 0. The van der Waals surface area contributed by atoms with Crippen LogP contribution in [0.5, 0.6) is 0 Å². The zero-order valence-electron chi connectivity index (χ0n) is 8.81. The van der Waals surface area contributed by atoms with Crippen LogP contribution in [0.4, 0.5) is 10.1 Å². The molecule has 2 rings (SSSR count). The van der Waals surface area contributed by atoms with Crippen LogP contribution in [0.25, 0.3) is 0 Å². The summed E-state index contributed by atoms with van der Waals surface area (Å²) in [6, 6.07) is 12.4. The van der Waals surface area contributed by atoms with Crippen molar-refractivity contribution in [1.29, 1.82) is 0 Å². The van der Waals surface area contributed by atoms with Crippen molar-refractivity contribution in [2.75, 3.05) is 0 Å². The van der Waals surface area contributed by atoms with E-state index in [4.69, 9.17) is 11.6 Å². The molecule has 0 aromatic heterocycles. The van der Waals surface area contributed by atoms with Gasteiger partial charge in [-0.2, -0.15) is 4.74 Å². The van der Waals surface area contributed by atoms with Crippen LogP contribution in [0, 0.1) is 11.0 Å². The van der Waals surface area contributed by atoms with Gasteiger partial charge in [-0.15, -0.1) is 0 Å². The molecule has 0 radical (unpaired) electrons. The third-order valence-electron chi connectivity index (χ3n) is 2.18. The fourth-order valence-electron chi connectivity index (χ4n) is 1.41. The van der Waals surface area contributed by atoms with Crippen LogP contribution in [0.15, 0.2) is 48.5 Å². The molecule has 0 fully saturated rings. The van der Waals surface area contributed by atoms with Gasteiger partial charge in [0, 0.05) is 22.7 Å². The van der Waals surface area contributed by atoms with Gasteiger partial charge in [0.1, 0.15) is 5.82 Å². The SMILES string of the molecule is [O-][N+](=Cc1cccc(Cl)c1)c1cccc(F)c1. The lowest BCUT2D eigenvalue weighted by Gasteiger charge is -2.02. The van der Waals surface area contributed by atoms with E-state index < -0.39 is 5.82 Å². The van der Waals surface area contributed by atoms with Crippen molar-refractivity contribution in [3.8, 4) is 0 Å². The van der Waals surface area contributed by atoms with Crippen molar-refractivity contribution >= 4 is 23.5 Å². The van der Waals surface area contributed by atoms with E-state index in [-0.39, 0.29) is 5.69 Å². The van der Waals surface area contributed by atoms with E-state index in [1.54, 1.807) is 24.3 Å². The Kier molecular flexibility index (Phi) is 3.40. The molecular formula is C13H9ClFNO. The molecule has 2 aromatic carbocycles.